The molecule has 37 heteroatoms. The number of benzene rings is 6. The number of rotatable bonds is 23. The molecule has 0 saturated carbocycles. The molecule has 2 aliphatic heterocycles. The number of aromatic amines is 1. The van der Waals surface area contributed by atoms with E-state index in [1.165, 1.54) is 103 Å². The molecule has 15 N–H and O–H groups in total. The van der Waals surface area contributed by atoms with Gasteiger partial charge in [0.1, 0.15) is 84.0 Å². The van der Waals surface area contributed by atoms with Crippen LogP contribution in [0.25, 0.3) is 10.9 Å². The lowest BCUT2D eigenvalue weighted by Gasteiger charge is -2.37. The molecule has 7 aromatic rings. The summed E-state index contributed by atoms with van der Waals surface area (Å²) in [6, 6.07) is 27.0. The van der Waals surface area contributed by atoms with Crippen LogP contribution >= 0.6 is 32.4 Å². The number of hydrogen-bond acceptors (Lipinski definition) is 19. The number of para-hydroxylation sites is 1. The van der Waals surface area contributed by atoms with Crippen LogP contribution in [0.4, 0.5) is 0 Å². The topological polar surface area (TPSA) is 483 Å². The zero-order valence-corrected chi connectivity index (χ0v) is 77.5. The highest BCUT2D eigenvalue weighted by Crippen LogP contribution is 2.28. The number of aliphatic hydroxyl groups is 1. The zero-order chi connectivity index (χ0) is 95.3. The molecule has 3 heterocycles. The van der Waals surface area contributed by atoms with Crippen molar-refractivity contribution in [2.45, 2.75) is 178 Å². The maximum atomic E-state index is 15.7. The second kappa shape index (κ2) is 49.4. The average molecular weight is 1860 g/mol. The van der Waals surface area contributed by atoms with Crippen LogP contribution in [-0.4, -0.2) is 276 Å². The second-order valence-electron chi connectivity index (χ2n) is 33.7. The van der Waals surface area contributed by atoms with Crippen LogP contribution in [-0.2, 0) is 110 Å². The van der Waals surface area contributed by atoms with Crippen LogP contribution in [0.15, 0.2) is 170 Å². The van der Waals surface area contributed by atoms with Crippen molar-refractivity contribution in [3.8, 4) is 11.5 Å². The van der Waals surface area contributed by atoms with Gasteiger partial charge < -0.3 is 98.4 Å². The largest absolute Gasteiger partial charge is 0.508 e. The number of aromatic nitrogens is 1. The quantitative estimate of drug-likeness (QED) is 0.0408. The first-order chi connectivity index (χ1) is 62.5. The predicted molar refractivity (Wildman–Crippen MR) is 500 cm³/mol. The van der Waals surface area contributed by atoms with Gasteiger partial charge in [-0.05, 0) is 88.4 Å². The Kier molecular flexibility index (Phi) is 38.5. The number of likely N-dealkylation sites (N-methyl/N-ethyl adjacent to an activating group) is 4. The van der Waals surface area contributed by atoms with Crippen molar-refractivity contribution in [3.63, 3.8) is 0 Å². The molecule has 2 aliphatic rings. The highest BCUT2D eigenvalue weighted by atomic mass is 32.2. The average Bonchev–Trinajstić information content (AvgIpc) is 1.77. The van der Waals surface area contributed by atoms with E-state index in [1.54, 1.807) is 149 Å². The summed E-state index contributed by atoms with van der Waals surface area (Å²) < 4.78 is 0. The van der Waals surface area contributed by atoms with E-state index in [-0.39, 0.29) is 86.2 Å². The molecule has 0 aliphatic carbocycles. The first-order valence-corrected chi connectivity index (χ1v) is 46.2. The highest BCUT2D eigenvalue weighted by molar-refractivity contribution is 8.00. The van der Waals surface area contributed by atoms with Crippen molar-refractivity contribution in [1.29, 1.82) is 0 Å². The number of carbonyl (C=O) groups excluding carboxylic acids is 15. The number of phenolic OH excluding ortho intramolecular Hbond substituents is 2. The number of aliphatic hydroxyl groups excluding tert-OH is 1. The fraction of sp³-hybridized carbons (Fsp3) is 0.426. The summed E-state index contributed by atoms with van der Waals surface area (Å²) in [5.41, 5.74) is 8.77. The van der Waals surface area contributed by atoms with Crippen molar-refractivity contribution < 1.29 is 87.2 Å². The Hall–Kier alpha value is -12.7. The van der Waals surface area contributed by atoms with E-state index >= 15 is 43.2 Å². The third kappa shape index (κ3) is 29.9. The van der Waals surface area contributed by atoms with Gasteiger partial charge >= 0.3 is 0 Å². The number of nitrogens with one attached hydrogen (secondary N) is 10. The van der Waals surface area contributed by atoms with Crippen LogP contribution in [0, 0.1) is 11.8 Å². The van der Waals surface area contributed by atoms with E-state index in [2.05, 4.69) is 61.7 Å². The number of nitrogens with zero attached hydrogens (tertiary/aromatic N) is 5. The minimum absolute atomic E-state index is 0.00663. The molecule has 9 rings (SSSR count). The molecule has 1 aromatic heterocycles. The van der Waals surface area contributed by atoms with Crippen molar-refractivity contribution in [2.24, 2.45) is 17.6 Å². The summed E-state index contributed by atoms with van der Waals surface area (Å²) in [4.78, 5) is 234. The number of fused-ring (bicyclic) bond motifs is 2. The van der Waals surface area contributed by atoms with Gasteiger partial charge in [-0.3, -0.25) is 71.9 Å². The second-order valence-corrected chi connectivity index (χ2v) is 36.3. The van der Waals surface area contributed by atoms with E-state index < -0.39 is 198 Å². The van der Waals surface area contributed by atoms with Crippen molar-refractivity contribution >= 4 is 137 Å². The molecule has 12 atom stereocenters. The van der Waals surface area contributed by atoms with E-state index in [9.17, 15) is 44.1 Å². The molecular weight excluding hydrogens is 1740 g/mol. The number of primary amides is 1. The molecule has 131 heavy (non-hydrogen) atoms. The van der Waals surface area contributed by atoms with Gasteiger partial charge in [0.25, 0.3) is 0 Å². The Morgan fingerprint density at radius 2 is 0.969 bits per heavy atom. The standard InChI is InChI=1S/C94H119N16O18PS2/c1-10-11-31-74-93(127)110-54-131-52-77(110)89(123)102-70(47-81(116)129)87(121)105-82(56(4)5)94(128)108(8)75(44-58-25-17-13-18-26-58)88(122)103-71(43-61-34-38-64(112)39-35-61)90(124)106(6)50-79(114)98-69(46-62-48-96-66-30-22-21-29-65(62)66)86(120)101-68(41-60-32-36-63(111)37-33-60)85(119)100-67(40-55(2)3)84(118)104-73(83(117)97-49-78(95)113)51-130-53-80(115)99-72(42-57-23-15-12-16-24-57)91(125)109(9)76(92(126)107(74)7)45-59-27-19-14-20-28-59/h12-30,32-39,48,55-56,67-77,82,96,111-112,116,129H,10-11,31,40-47,49-54H2,1-9H3,(H2,95,113)(H,97,117)(H,98,114)(H,99,115)(H,100,119)(H,101,120)(H,102,123)(H,103,122)(H,104,118)(H,105,121)/t67-,68-,69-,70-,71-,72-,73-,74-,75-,76-,77+,82-/m0/s1. The van der Waals surface area contributed by atoms with Crippen LogP contribution in [0.5, 0.6) is 11.5 Å². The number of H-pyrrole nitrogens is 1. The Bertz CT molecular complexity index is 5180. The monoisotopic (exact) mass is 1850 g/mol. The fourth-order valence-electron chi connectivity index (χ4n) is 15.5. The maximum Gasteiger partial charge on any atom is 0.246 e. The molecule has 34 nitrogen and oxygen atoms in total. The summed E-state index contributed by atoms with van der Waals surface area (Å²) >= 11 is 2.06. The first kappa shape index (κ1) is 102. The van der Waals surface area contributed by atoms with Crippen LogP contribution in [0.3, 0.4) is 0 Å². The molecule has 0 unspecified atom stereocenters. The first-order valence-electron chi connectivity index (χ1n) is 43.4. The SMILES string of the molecule is CCCC[C@H]1C(=O)N2CSC[C@@H]2C(=O)N[C@@H](CC(O)=P)C(=O)N[C@@H](C(C)C)C(=O)N(C)[C@@H](Cc2ccccc2)C(=O)N[C@@H](Cc2ccc(O)cc2)C(=O)N(C)CC(=O)N[C@@H](Cc2c[nH]c3ccccc23)C(=O)N[C@@H](Cc2ccc(O)cc2)C(=O)N[C@@H](CC(C)C)C(=O)N[C@H](C(=O)NCC(N)=O)CSCC(=O)N[C@@H](Cc2ccccc2)C(=O)N(C)[C@@H](Cc2ccccc2)C(=O)N1C. The van der Waals surface area contributed by atoms with Crippen molar-refractivity contribution in [1.82, 2.24) is 77.3 Å². The van der Waals surface area contributed by atoms with Crippen molar-refractivity contribution in [3.05, 3.63) is 203 Å². The summed E-state index contributed by atoms with van der Waals surface area (Å²) in [6.07, 6.45) is 0.843. The Balaban J connectivity index is 1.12. The third-order valence-electron chi connectivity index (χ3n) is 22.8. The lowest BCUT2D eigenvalue weighted by Crippen LogP contribution is -2.62. The number of carbonyl (C=O) groups is 15. The number of thioether (sulfide) groups is 2. The van der Waals surface area contributed by atoms with Crippen LogP contribution in [0.2, 0.25) is 0 Å². The fourth-order valence-corrected chi connectivity index (χ4v) is 17.7. The number of unbranched alkanes of at least 4 members (excludes halogenated alkanes) is 1. The van der Waals surface area contributed by atoms with Crippen LogP contribution < -0.4 is 53.6 Å². The van der Waals surface area contributed by atoms with E-state index in [1.807, 2.05) is 6.92 Å². The lowest BCUT2D eigenvalue weighted by molar-refractivity contribution is -0.152. The van der Waals surface area contributed by atoms with Crippen molar-refractivity contribution in [2.75, 3.05) is 64.4 Å². The van der Waals surface area contributed by atoms with E-state index in [0.29, 0.717) is 57.1 Å². The van der Waals surface area contributed by atoms with Gasteiger partial charge in [-0.1, -0.05) is 190 Å². The zero-order valence-electron chi connectivity index (χ0n) is 74.9. The van der Waals surface area contributed by atoms with Gasteiger partial charge in [0.15, 0.2) is 0 Å². The lowest BCUT2D eigenvalue weighted by atomic mass is 9.98. The van der Waals surface area contributed by atoms with Gasteiger partial charge in [-0.25, -0.2) is 0 Å². The van der Waals surface area contributed by atoms with Gasteiger partial charge in [-0.15, -0.1) is 23.5 Å². The molecule has 2 fully saturated rings. The molecule has 0 bridgehead atoms. The normalized spacial score (nSPS) is 22.7. The number of phenols is 2. The van der Waals surface area contributed by atoms with Gasteiger partial charge in [0, 0.05) is 102 Å². The number of hydrogen-bond donors (Lipinski definition) is 14. The Morgan fingerprint density at radius 3 is 1.53 bits per heavy atom. The molecular formula is C94H119N16O18PS2. The summed E-state index contributed by atoms with van der Waals surface area (Å²) in [5, 5.41) is 56.9. The Labute approximate surface area is 772 Å². The summed E-state index contributed by atoms with van der Waals surface area (Å²) in [6.45, 7) is 7.19. The molecule has 700 valence electrons. The van der Waals surface area contributed by atoms with E-state index in [0.717, 1.165) is 21.6 Å². The smallest absolute Gasteiger partial charge is 0.246 e. The maximum absolute atomic E-state index is 15.7. The number of aromatic hydroxyl groups is 2. The van der Waals surface area contributed by atoms with E-state index in [4.69, 9.17) is 5.73 Å². The Morgan fingerprint density at radius 1 is 0.489 bits per heavy atom. The predicted octanol–water partition coefficient (Wildman–Crippen LogP) is 3.33. The number of amides is 15. The summed E-state index contributed by atoms with van der Waals surface area (Å²) in [7, 11) is 8.54. The highest BCUT2D eigenvalue weighted by Gasteiger charge is 2.45. The molecule has 0 radical (unpaired) electrons. The van der Waals surface area contributed by atoms with Gasteiger partial charge in [-0.2, -0.15) is 0 Å². The van der Waals surface area contributed by atoms with Gasteiger partial charge in [0.2, 0.25) is 88.6 Å². The third-order valence-corrected chi connectivity index (χ3v) is 25.0. The van der Waals surface area contributed by atoms with Crippen LogP contribution in [0.1, 0.15) is 100 Å². The minimum Gasteiger partial charge on any atom is -0.508 e. The minimum atomic E-state index is -1.64. The summed E-state index contributed by atoms with van der Waals surface area (Å²) in [5.74, 6) is -15.0. The molecule has 0 spiro atoms. The molecule has 2 saturated heterocycles. The molecule has 15 amide bonds. The molecule has 6 aromatic carbocycles. The van der Waals surface area contributed by atoms with Gasteiger partial charge in [0.05, 0.1) is 30.2 Å². The number of nitrogens with two attached hydrogens (primary N) is 1.